The van der Waals surface area contributed by atoms with Crippen LogP contribution in [0.1, 0.15) is 15.9 Å². The van der Waals surface area contributed by atoms with E-state index in [9.17, 15) is 13.2 Å². The molecule has 1 aliphatic rings. The molecule has 5 nitrogen and oxygen atoms in total. The molecule has 1 heterocycles. The van der Waals surface area contributed by atoms with E-state index in [-0.39, 0.29) is 17.1 Å². The molecule has 0 radical (unpaired) electrons. The number of carboxylic acids is 1. The molecule has 1 aliphatic heterocycles. The van der Waals surface area contributed by atoms with Crippen molar-refractivity contribution in [1.82, 2.24) is 0 Å². The first-order valence-electron chi connectivity index (χ1n) is 4.78. The van der Waals surface area contributed by atoms with E-state index >= 15 is 0 Å². The number of fused-ring (bicyclic) bond motifs is 1. The SMILES string of the molecule is COCC1=CS(=O)(=O)c2cc(C(=O)O)ccc21. The monoisotopic (exact) mass is 254 g/mol. The van der Waals surface area contributed by atoms with Crippen LogP contribution in [0.15, 0.2) is 28.5 Å². The van der Waals surface area contributed by atoms with Crippen LogP contribution in [0.4, 0.5) is 0 Å². The number of rotatable bonds is 3. The van der Waals surface area contributed by atoms with Gasteiger partial charge >= 0.3 is 5.97 Å². The predicted octanol–water partition coefficient (Wildman–Crippen LogP) is 1.16. The predicted molar refractivity (Wildman–Crippen MR) is 60.4 cm³/mol. The third kappa shape index (κ3) is 1.96. The molecule has 0 saturated carbocycles. The fourth-order valence-electron chi connectivity index (χ4n) is 1.74. The maximum absolute atomic E-state index is 11.8. The molecule has 6 heteroatoms. The molecule has 1 N–H and O–H groups in total. The normalized spacial score (nSPS) is 16.4. The zero-order valence-electron chi connectivity index (χ0n) is 9.00. The largest absolute Gasteiger partial charge is 0.478 e. The van der Waals surface area contributed by atoms with Crippen molar-refractivity contribution in [1.29, 1.82) is 0 Å². The molecule has 0 fully saturated rings. The van der Waals surface area contributed by atoms with E-state index in [1.54, 1.807) is 0 Å². The summed E-state index contributed by atoms with van der Waals surface area (Å²) in [7, 11) is -2.07. The van der Waals surface area contributed by atoms with Crippen molar-refractivity contribution in [2.75, 3.05) is 13.7 Å². The maximum atomic E-state index is 11.8. The Kier molecular flexibility index (Phi) is 2.76. The lowest BCUT2D eigenvalue weighted by Gasteiger charge is -2.04. The molecule has 0 bridgehead atoms. The topological polar surface area (TPSA) is 80.7 Å². The van der Waals surface area contributed by atoms with Crippen LogP contribution >= 0.6 is 0 Å². The highest BCUT2D eigenvalue weighted by molar-refractivity contribution is 7.95. The van der Waals surface area contributed by atoms with Crippen molar-refractivity contribution in [2.45, 2.75) is 4.90 Å². The molecular formula is C11H10O5S. The van der Waals surface area contributed by atoms with Crippen LogP contribution in [-0.2, 0) is 14.6 Å². The summed E-state index contributed by atoms with van der Waals surface area (Å²) in [5.74, 6) is -1.15. The number of hydrogen-bond acceptors (Lipinski definition) is 4. The van der Waals surface area contributed by atoms with Crippen LogP contribution in [0.25, 0.3) is 5.57 Å². The van der Waals surface area contributed by atoms with Crippen LogP contribution < -0.4 is 0 Å². The van der Waals surface area contributed by atoms with Crippen molar-refractivity contribution in [3.8, 4) is 0 Å². The molecule has 1 aromatic carbocycles. The first kappa shape index (κ1) is 11.8. The van der Waals surface area contributed by atoms with E-state index in [1.807, 2.05) is 0 Å². The minimum absolute atomic E-state index is 0.0319. The highest BCUT2D eigenvalue weighted by atomic mass is 32.2. The Morgan fingerprint density at radius 1 is 1.41 bits per heavy atom. The van der Waals surface area contributed by atoms with Gasteiger partial charge in [0.2, 0.25) is 9.84 Å². The van der Waals surface area contributed by atoms with E-state index in [2.05, 4.69) is 0 Å². The Labute approximate surface area is 98.3 Å². The zero-order valence-corrected chi connectivity index (χ0v) is 9.82. The highest BCUT2D eigenvalue weighted by Gasteiger charge is 2.27. The molecule has 2 rings (SSSR count). The van der Waals surface area contributed by atoms with E-state index in [1.165, 1.54) is 25.3 Å². The van der Waals surface area contributed by atoms with Crippen molar-refractivity contribution >= 4 is 21.4 Å². The van der Waals surface area contributed by atoms with Crippen molar-refractivity contribution in [2.24, 2.45) is 0 Å². The van der Waals surface area contributed by atoms with Crippen LogP contribution in [0, 0.1) is 0 Å². The van der Waals surface area contributed by atoms with Gasteiger partial charge in [-0.1, -0.05) is 6.07 Å². The molecule has 0 spiro atoms. The Morgan fingerprint density at radius 2 is 2.12 bits per heavy atom. The number of hydrogen-bond donors (Lipinski definition) is 1. The summed E-state index contributed by atoms with van der Waals surface area (Å²) in [5.41, 5.74) is 1.01. The molecule has 0 atom stereocenters. The lowest BCUT2D eigenvalue weighted by Crippen LogP contribution is -2.01. The number of benzene rings is 1. The number of ether oxygens (including phenoxy) is 1. The molecule has 17 heavy (non-hydrogen) atoms. The lowest BCUT2D eigenvalue weighted by atomic mass is 10.1. The summed E-state index contributed by atoms with van der Waals surface area (Å²) >= 11 is 0. The molecule has 0 amide bonds. The number of carbonyl (C=O) groups is 1. The van der Waals surface area contributed by atoms with Gasteiger partial charge < -0.3 is 9.84 Å². The average molecular weight is 254 g/mol. The molecule has 0 aliphatic carbocycles. The second-order valence-corrected chi connectivity index (χ2v) is 5.40. The minimum Gasteiger partial charge on any atom is -0.478 e. The summed E-state index contributed by atoms with van der Waals surface area (Å²) in [4.78, 5) is 10.8. The van der Waals surface area contributed by atoms with Gasteiger partial charge in [-0.05, 0) is 23.3 Å². The maximum Gasteiger partial charge on any atom is 0.335 e. The van der Waals surface area contributed by atoms with Gasteiger partial charge in [0.05, 0.1) is 17.1 Å². The molecular weight excluding hydrogens is 244 g/mol. The highest BCUT2D eigenvalue weighted by Crippen LogP contribution is 2.34. The molecule has 0 saturated heterocycles. The number of sulfone groups is 1. The Hall–Kier alpha value is -1.66. The summed E-state index contributed by atoms with van der Waals surface area (Å²) < 4.78 is 28.5. The van der Waals surface area contributed by atoms with Crippen LogP contribution in [0.5, 0.6) is 0 Å². The fourth-order valence-corrected chi connectivity index (χ4v) is 3.23. The smallest absolute Gasteiger partial charge is 0.335 e. The molecule has 0 aromatic heterocycles. The van der Waals surface area contributed by atoms with Crippen LogP contribution in [-0.4, -0.2) is 33.2 Å². The molecule has 0 unspecified atom stereocenters. The average Bonchev–Trinajstić information content (AvgIpc) is 2.51. The standard InChI is InChI=1S/C11H10O5S/c1-16-5-8-6-17(14,15)10-4-7(11(12)13)2-3-9(8)10/h2-4,6H,5H2,1H3,(H,12,13). The third-order valence-electron chi connectivity index (χ3n) is 2.48. The Balaban J connectivity index is 2.60. The van der Waals surface area contributed by atoms with Crippen LogP contribution in [0.2, 0.25) is 0 Å². The summed E-state index contributed by atoms with van der Waals surface area (Å²) in [6.45, 7) is 0.179. The summed E-state index contributed by atoms with van der Waals surface area (Å²) in [5, 5.41) is 9.94. The van der Waals surface area contributed by atoms with Crippen LogP contribution in [0.3, 0.4) is 0 Å². The van der Waals surface area contributed by atoms with Gasteiger partial charge in [0, 0.05) is 12.5 Å². The van der Waals surface area contributed by atoms with Crippen molar-refractivity contribution < 1.29 is 23.1 Å². The van der Waals surface area contributed by atoms with Gasteiger partial charge in [0.15, 0.2) is 0 Å². The van der Waals surface area contributed by atoms with Gasteiger partial charge in [0.1, 0.15) is 0 Å². The molecule has 90 valence electrons. The van der Waals surface area contributed by atoms with Gasteiger partial charge in [-0.15, -0.1) is 0 Å². The van der Waals surface area contributed by atoms with Gasteiger partial charge in [-0.25, -0.2) is 13.2 Å². The second-order valence-electron chi connectivity index (χ2n) is 3.64. The van der Waals surface area contributed by atoms with E-state index < -0.39 is 15.8 Å². The Morgan fingerprint density at radius 3 is 2.71 bits per heavy atom. The zero-order chi connectivity index (χ0) is 12.6. The lowest BCUT2D eigenvalue weighted by molar-refractivity contribution is 0.0696. The molecule has 1 aromatic rings. The quantitative estimate of drug-likeness (QED) is 0.875. The van der Waals surface area contributed by atoms with Gasteiger partial charge in [-0.2, -0.15) is 0 Å². The minimum atomic E-state index is -3.54. The first-order chi connectivity index (χ1) is 7.95. The van der Waals surface area contributed by atoms with Gasteiger partial charge in [-0.3, -0.25) is 0 Å². The van der Waals surface area contributed by atoms with Gasteiger partial charge in [0.25, 0.3) is 0 Å². The Bertz CT molecular complexity index is 613. The number of carboxylic acid groups (broad SMARTS) is 1. The fraction of sp³-hybridized carbons (Fsp3) is 0.182. The summed E-state index contributed by atoms with van der Waals surface area (Å²) in [6, 6.07) is 4.05. The van der Waals surface area contributed by atoms with E-state index in [4.69, 9.17) is 9.84 Å². The number of methoxy groups -OCH3 is 1. The van der Waals surface area contributed by atoms with Crippen molar-refractivity contribution in [3.05, 3.63) is 34.7 Å². The van der Waals surface area contributed by atoms with E-state index in [0.717, 1.165) is 5.41 Å². The van der Waals surface area contributed by atoms with Crippen molar-refractivity contribution in [3.63, 3.8) is 0 Å². The summed E-state index contributed by atoms with van der Waals surface area (Å²) in [6.07, 6.45) is 0. The first-order valence-corrected chi connectivity index (χ1v) is 6.32. The number of aromatic carboxylic acids is 1. The third-order valence-corrected chi connectivity index (χ3v) is 4.02. The second kappa shape index (κ2) is 3.97. The van der Waals surface area contributed by atoms with E-state index in [0.29, 0.717) is 11.1 Å².